The monoisotopic (exact) mass is 303 g/mol. The van der Waals surface area contributed by atoms with Gasteiger partial charge in [-0.1, -0.05) is 25.6 Å². The molecule has 1 N–H and O–H groups in total. The molecule has 2 aliphatic rings. The van der Waals surface area contributed by atoms with Gasteiger partial charge in [-0.3, -0.25) is 4.99 Å². The quantitative estimate of drug-likeness (QED) is 0.886. The molecule has 114 valence electrons. The van der Waals surface area contributed by atoms with E-state index in [0.29, 0.717) is 5.41 Å². The molecule has 0 bridgehead atoms. The standard InChI is InChI=1S/C17H25N3S/c1-17(2)12-18-16(21-13-17)19-14-6-8-15(9-7-14)20-10-4-3-5-11-20/h6-9H,3-5,10-13H2,1-2H3,(H,18,19). The lowest BCUT2D eigenvalue weighted by Crippen LogP contribution is -2.29. The second kappa shape index (κ2) is 6.30. The number of amidine groups is 1. The van der Waals surface area contributed by atoms with Gasteiger partial charge in [0.15, 0.2) is 5.17 Å². The first-order valence-electron chi connectivity index (χ1n) is 7.92. The summed E-state index contributed by atoms with van der Waals surface area (Å²) in [5.41, 5.74) is 2.81. The van der Waals surface area contributed by atoms with Crippen molar-refractivity contribution in [1.29, 1.82) is 0 Å². The summed E-state index contributed by atoms with van der Waals surface area (Å²) in [7, 11) is 0. The predicted octanol–water partition coefficient (Wildman–Crippen LogP) is 4.22. The van der Waals surface area contributed by atoms with E-state index in [9.17, 15) is 0 Å². The molecule has 0 amide bonds. The van der Waals surface area contributed by atoms with Crippen LogP contribution in [0.2, 0.25) is 0 Å². The fourth-order valence-electron chi connectivity index (χ4n) is 2.75. The van der Waals surface area contributed by atoms with Crippen molar-refractivity contribution in [2.24, 2.45) is 10.4 Å². The number of benzene rings is 1. The molecular weight excluding hydrogens is 278 g/mol. The Hall–Kier alpha value is -1.16. The first-order chi connectivity index (χ1) is 10.1. The van der Waals surface area contributed by atoms with E-state index >= 15 is 0 Å². The van der Waals surface area contributed by atoms with Crippen LogP contribution in [0.25, 0.3) is 0 Å². The van der Waals surface area contributed by atoms with Crippen molar-refractivity contribution in [2.75, 3.05) is 35.6 Å². The fraction of sp³-hybridized carbons (Fsp3) is 0.588. The average Bonchev–Trinajstić information content (AvgIpc) is 2.51. The van der Waals surface area contributed by atoms with Gasteiger partial charge in [-0.25, -0.2) is 0 Å². The highest BCUT2D eigenvalue weighted by molar-refractivity contribution is 8.14. The summed E-state index contributed by atoms with van der Waals surface area (Å²) in [6.45, 7) is 7.85. The van der Waals surface area contributed by atoms with Crippen LogP contribution in [0.3, 0.4) is 0 Å². The van der Waals surface area contributed by atoms with Crippen LogP contribution in [0, 0.1) is 5.41 Å². The maximum Gasteiger partial charge on any atom is 0.161 e. The van der Waals surface area contributed by atoms with E-state index in [0.717, 1.165) is 23.2 Å². The van der Waals surface area contributed by atoms with Crippen molar-refractivity contribution in [3.8, 4) is 0 Å². The van der Waals surface area contributed by atoms with E-state index in [4.69, 9.17) is 0 Å². The third-order valence-corrected chi connectivity index (χ3v) is 5.52. The van der Waals surface area contributed by atoms with Gasteiger partial charge in [0.25, 0.3) is 0 Å². The second-order valence-electron chi connectivity index (χ2n) is 6.79. The third-order valence-electron chi connectivity index (χ3n) is 4.09. The molecule has 1 aromatic rings. The number of rotatable bonds is 2. The van der Waals surface area contributed by atoms with E-state index in [-0.39, 0.29) is 0 Å². The van der Waals surface area contributed by atoms with Crippen molar-refractivity contribution in [1.82, 2.24) is 0 Å². The maximum atomic E-state index is 4.65. The maximum absolute atomic E-state index is 4.65. The second-order valence-corrected chi connectivity index (χ2v) is 7.76. The molecule has 0 saturated carbocycles. The number of anilines is 2. The van der Waals surface area contributed by atoms with E-state index in [1.807, 2.05) is 11.8 Å². The highest BCUT2D eigenvalue weighted by atomic mass is 32.2. The molecule has 0 aliphatic carbocycles. The Kier molecular flexibility index (Phi) is 4.43. The zero-order valence-electron chi connectivity index (χ0n) is 13.1. The Morgan fingerprint density at radius 1 is 1.10 bits per heavy atom. The largest absolute Gasteiger partial charge is 0.372 e. The van der Waals surface area contributed by atoms with Gasteiger partial charge in [0.1, 0.15) is 0 Å². The zero-order valence-corrected chi connectivity index (χ0v) is 13.9. The lowest BCUT2D eigenvalue weighted by atomic mass is 9.97. The summed E-state index contributed by atoms with van der Waals surface area (Å²) in [5.74, 6) is 1.13. The van der Waals surface area contributed by atoms with Gasteiger partial charge in [-0.2, -0.15) is 0 Å². The van der Waals surface area contributed by atoms with Crippen molar-refractivity contribution in [3.63, 3.8) is 0 Å². The van der Waals surface area contributed by atoms with Crippen LogP contribution in [-0.2, 0) is 0 Å². The van der Waals surface area contributed by atoms with Crippen LogP contribution in [0.15, 0.2) is 29.3 Å². The minimum atomic E-state index is 0.327. The van der Waals surface area contributed by atoms with Crippen LogP contribution in [0.4, 0.5) is 11.4 Å². The van der Waals surface area contributed by atoms with Crippen molar-refractivity contribution in [2.45, 2.75) is 33.1 Å². The third kappa shape index (κ3) is 3.94. The van der Waals surface area contributed by atoms with Crippen molar-refractivity contribution >= 4 is 28.3 Å². The topological polar surface area (TPSA) is 27.6 Å². The molecule has 0 atom stereocenters. The molecule has 2 aliphatic heterocycles. The van der Waals surface area contributed by atoms with Crippen LogP contribution in [0.1, 0.15) is 33.1 Å². The number of aliphatic imine (C=N–C) groups is 1. The van der Waals surface area contributed by atoms with E-state index < -0.39 is 0 Å². The van der Waals surface area contributed by atoms with Crippen molar-refractivity contribution in [3.05, 3.63) is 24.3 Å². The SMILES string of the molecule is CC1(C)CN=C(Nc2ccc(N3CCCCC3)cc2)SC1. The van der Waals surface area contributed by atoms with Gasteiger partial charge < -0.3 is 10.2 Å². The molecule has 3 rings (SSSR count). The molecule has 0 spiro atoms. The molecule has 3 nitrogen and oxygen atoms in total. The van der Waals surface area contributed by atoms with Crippen LogP contribution < -0.4 is 10.2 Å². The number of nitrogens with zero attached hydrogens (tertiary/aromatic N) is 2. The summed E-state index contributed by atoms with van der Waals surface area (Å²) in [4.78, 5) is 7.14. The molecule has 1 aromatic carbocycles. The number of piperidine rings is 1. The molecule has 0 radical (unpaired) electrons. The van der Waals surface area contributed by atoms with Gasteiger partial charge in [0, 0.05) is 36.8 Å². The first-order valence-corrected chi connectivity index (χ1v) is 8.90. The molecule has 1 fully saturated rings. The number of thioether (sulfide) groups is 1. The Morgan fingerprint density at radius 3 is 2.43 bits per heavy atom. The minimum absolute atomic E-state index is 0.327. The van der Waals surface area contributed by atoms with Crippen LogP contribution >= 0.6 is 11.8 Å². The molecule has 0 unspecified atom stereocenters. The Balaban J connectivity index is 1.61. The Labute approximate surface area is 132 Å². The molecule has 2 heterocycles. The van der Waals surface area contributed by atoms with Gasteiger partial charge in [-0.15, -0.1) is 0 Å². The van der Waals surface area contributed by atoms with Gasteiger partial charge in [-0.05, 0) is 48.9 Å². The summed E-state index contributed by atoms with van der Waals surface area (Å²) < 4.78 is 0. The number of nitrogens with one attached hydrogen (secondary N) is 1. The smallest absolute Gasteiger partial charge is 0.161 e. The highest BCUT2D eigenvalue weighted by Crippen LogP contribution is 2.29. The van der Waals surface area contributed by atoms with Crippen molar-refractivity contribution < 1.29 is 0 Å². The van der Waals surface area contributed by atoms with Gasteiger partial charge in [0.2, 0.25) is 0 Å². The summed E-state index contributed by atoms with van der Waals surface area (Å²) in [5, 5.41) is 4.50. The lowest BCUT2D eigenvalue weighted by molar-refractivity contribution is 0.438. The zero-order chi connectivity index (χ0) is 14.7. The molecular formula is C17H25N3S. The number of hydrogen-bond acceptors (Lipinski definition) is 4. The average molecular weight is 303 g/mol. The molecule has 21 heavy (non-hydrogen) atoms. The first kappa shape index (κ1) is 14.8. The van der Waals surface area contributed by atoms with E-state index in [1.165, 1.54) is 38.0 Å². The fourth-order valence-corrected chi connectivity index (χ4v) is 3.71. The minimum Gasteiger partial charge on any atom is -0.372 e. The normalized spacial score (nSPS) is 21.8. The van der Waals surface area contributed by atoms with E-state index in [1.54, 1.807) is 0 Å². The summed E-state index contributed by atoms with van der Waals surface area (Å²) >= 11 is 1.83. The molecule has 1 saturated heterocycles. The number of hydrogen-bond donors (Lipinski definition) is 1. The van der Waals surface area contributed by atoms with E-state index in [2.05, 4.69) is 53.3 Å². The molecule has 4 heteroatoms. The highest BCUT2D eigenvalue weighted by Gasteiger charge is 2.23. The van der Waals surface area contributed by atoms with Crippen LogP contribution in [0.5, 0.6) is 0 Å². The van der Waals surface area contributed by atoms with Gasteiger partial charge >= 0.3 is 0 Å². The predicted molar refractivity (Wildman–Crippen MR) is 94.7 cm³/mol. The Bertz CT molecular complexity index is 501. The van der Waals surface area contributed by atoms with Gasteiger partial charge in [0.05, 0.1) is 0 Å². The Morgan fingerprint density at radius 2 is 1.81 bits per heavy atom. The summed E-state index contributed by atoms with van der Waals surface area (Å²) in [6, 6.07) is 8.80. The summed E-state index contributed by atoms with van der Waals surface area (Å²) in [6.07, 6.45) is 4.02. The van der Waals surface area contributed by atoms with Crippen LogP contribution in [-0.4, -0.2) is 30.6 Å². The molecule has 0 aromatic heterocycles. The lowest BCUT2D eigenvalue weighted by Gasteiger charge is -2.29.